The van der Waals surface area contributed by atoms with Crippen LogP contribution in [0, 0.1) is 17.7 Å². The van der Waals surface area contributed by atoms with E-state index in [1.165, 1.54) is 12.1 Å². The number of halogens is 1. The van der Waals surface area contributed by atoms with Gasteiger partial charge in [0.2, 0.25) is 0 Å². The molecule has 3 aromatic rings. The Labute approximate surface area is 166 Å². The fourth-order valence-corrected chi connectivity index (χ4v) is 4.53. The monoisotopic (exact) mass is 396 g/mol. The predicted molar refractivity (Wildman–Crippen MR) is 103 cm³/mol. The van der Waals surface area contributed by atoms with Crippen LogP contribution in [0.2, 0.25) is 0 Å². The number of likely N-dealkylation sites (tertiary alicyclic amines) is 1. The molecule has 4 atom stereocenters. The first kappa shape index (κ1) is 18.1. The van der Waals surface area contributed by atoms with Crippen molar-refractivity contribution in [3.05, 3.63) is 53.8 Å². The lowest BCUT2D eigenvalue weighted by atomic mass is 9.78. The lowest BCUT2D eigenvalue weighted by Gasteiger charge is -2.35. The summed E-state index contributed by atoms with van der Waals surface area (Å²) in [5.74, 6) is 0.701. The molecule has 0 spiro atoms. The predicted octanol–water partition coefficient (Wildman–Crippen LogP) is 2.39. The van der Waals surface area contributed by atoms with E-state index in [0.717, 1.165) is 5.52 Å². The topological polar surface area (TPSA) is 91.3 Å². The first-order valence-electron chi connectivity index (χ1n) is 9.77. The van der Waals surface area contributed by atoms with Gasteiger partial charge in [-0.15, -0.1) is 0 Å². The number of fused-ring (bicyclic) bond motifs is 2. The van der Waals surface area contributed by atoms with E-state index in [9.17, 15) is 14.3 Å². The smallest absolute Gasteiger partial charge is 0.253 e. The molecule has 1 aliphatic carbocycles. The summed E-state index contributed by atoms with van der Waals surface area (Å²) in [7, 11) is 0. The quantitative estimate of drug-likeness (QED) is 0.709. The molecule has 1 aromatic heterocycles. The summed E-state index contributed by atoms with van der Waals surface area (Å²) >= 11 is 0. The van der Waals surface area contributed by atoms with Crippen molar-refractivity contribution in [1.29, 1.82) is 0 Å². The van der Waals surface area contributed by atoms with E-state index >= 15 is 0 Å². The molecule has 0 radical (unpaired) electrons. The van der Waals surface area contributed by atoms with Crippen LogP contribution in [0.15, 0.2) is 42.5 Å². The van der Waals surface area contributed by atoms with Gasteiger partial charge in [0.1, 0.15) is 28.7 Å². The number of aromatic amines is 1. The highest BCUT2D eigenvalue weighted by molar-refractivity contribution is 5.97. The molecule has 2 N–H and O–H groups in total. The molecule has 1 aliphatic heterocycles. The SMILES string of the molecule is O=C(c1ccc2n[nH]nc2c1)N1C[C@H]2C[C@@H](Oc3ccc(F)cc3)[C@H](O)C[C@H]2C1. The molecule has 8 heteroatoms. The Hall–Kier alpha value is -3.00. The molecule has 1 saturated heterocycles. The van der Waals surface area contributed by atoms with Gasteiger partial charge in [-0.1, -0.05) is 0 Å². The second-order valence-electron chi connectivity index (χ2n) is 7.91. The van der Waals surface area contributed by atoms with Crippen LogP contribution in [0.3, 0.4) is 0 Å². The second-order valence-corrected chi connectivity index (χ2v) is 7.91. The van der Waals surface area contributed by atoms with Gasteiger partial charge in [0.15, 0.2) is 0 Å². The summed E-state index contributed by atoms with van der Waals surface area (Å²) in [6, 6.07) is 11.1. The van der Waals surface area contributed by atoms with E-state index in [4.69, 9.17) is 4.74 Å². The van der Waals surface area contributed by atoms with Crippen molar-refractivity contribution in [2.45, 2.75) is 25.0 Å². The number of hydrogen-bond acceptors (Lipinski definition) is 5. The van der Waals surface area contributed by atoms with Crippen LogP contribution < -0.4 is 4.74 Å². The van der Waals surface area contributed by atoms with E-state index in [-0.39, 0.29) is 29.7 Å². The van der Waals surface area contributed by atoms with Crippen molar-refractivity contribution < 1.29 is 19.0 Å². The van der Waals surface area contributed by atoms with E-state index in [2.05, 4.69) is 15.4 Å². The number of rotatable bonds is 3. The summed E-state index contributed by atoms with van der Waals surface area (Å²) < 4.78 is 19.0. The van der Waals surface area contributed by atoms with Gasteiger partial charge in [-0.25, -0.2) is 4.39 Å². The lowest BCUT2D eigenvalue weighted by molar-refractivity contribution is -0.0231. The van der Waals surface area contributed by atoms with Gasteiger partial charge in [0, 0.05) is 18.7 Å². The molecule has 0 bridgehead atoms. The number of aliphatic hydroxyl groups is 1. The lowest BCUT2D eigenvalue weighted by Crippen LogP contribution is -2.42. The molecular formula is C21H21FN4O3. The molecular weight excluding hydrogens is 375 g/mol. The minimum absolute atomic E-state index is 0.0326. The Balaban J connectivity index is 1.27. The molecule has 7 nitrogen and oxygen atoms in total. The molecule has 29 heavy (non-hydrogen) atoms. The highest BCUT2D eigenvalue weighted by Crippen LogP contribution is 2.38. The summed E-state index contributed by atoms with van der Waals surface area (Å²) in [6.07, 6.45) is 0.281. The second kappa shape index (κ2) is 7.11. The number of nitrogens with zero attached hydrogens (tertiary/aromatic N) is 3. The Bertz CT molecular complexity index is 1040. The number of hydrogen-bond donors (Lipinski definition) is 2. The van der Waals surface area contributed by atoms with Gasteiger partial charge < -0.3 is 14.7 Å². The number of ether oxygens (including phenoxy) is 1. The summed E-state index contributed by atoms with van der Waals surface area (Å²) in [6.45, 7) is 1.26. The highest BCUT2D eigenvalue weighted by atomic mass is 19.1. The normalized spacial score (nSPS) is 26.5. The number of amides is 1. The average molecular weight is 396 g/mol. The zero-order chi connectivity index (χ0) is 20.0. The maximum atomic E-state index is 13.1. The molecule has 5 rings (SSSR count). The van der Waals surface area contributed by atoms with Crippen molar-refractivity contribution in [2.75, 3.05) is 13.1 Å². The van der Waals surface area contributed by atoms with Crippen molar-refractivity contribution in [1.82, 2.24) is 20.3 Å². The number of aliphatic hydroxyl groups excluding tert-OH is 1. The first-order chi connectivity index (χ1) is 14.1. The summed E-state index contributed by atoms with van der Waals surface area (Å²) in [5, 5.41) is 21.2. The van der Waals surface area contributed by atoms with Crippen molar-refractivity contribution in [3.8, 4) is 5.75 Å². The van der Waals surface area contributed by atoms with Gasteiger partial charge in [-0.05, 0) is 67.1 Å². The van der Waals surface area contributed by atoms with Crippen molar-refractivity contribution >= 4 is 16.9 Å². The van der Waals surface area contributed by atoms with Crippen LogP contribution in [-0.4, -0.2) is 56.6 Å². The third-order valence-electron chi connectivity index (χ3n) is 6.04. The Morgan fingerprint density at radius 1 is 1.07 bits per heavy atom. The van der Waals surface area contributed by atoms with Crippen LogP contribution in [0.5, 0.6) is 5.75 Å². The third-order valence-corrected chi connectivity index (χ3v) is 6.04. The minimum atomic E-state index is -0.608. The van der Waals surface area contributed by atoms with Gasteiger partial charge in [0.25, 0.3) is 5.91 Å². The standard InChI is InChI=1S/C21H21FN4O3/c22-15-2-4-16(5-3-15)29-20-9-14-11-26(10-13(14)8-19(20)27)21(28)12-1-6-17-18(7-12)24-25-23-17/h1-7,13-14,19-20,27H,8-11H2,(H,23,24,25)/t13-,14+,19+,20+/m0/s1. The third kappa shape index (κ3) is 3.44. The fourth-order valence-electron chi connectivity index (χ4n) is 4.53. The Morgan fingerprint density at radius 2 is 1.79 bits per heavy atom. The van der Waals surface area contributed by atoms with Crippen LogP contribution >= 0.6 is 0 Å². The largest absolute Gasteiger partial charge is 0.488 e. The van der Waals surface area contributed by atoms with Crippen molar-refractivity contribution in [3.63, 3.8) is 0 Å². The van der Waals surface area contributed by atoms with Gasteiger partial charge in [-0.2, -0.15) is 15.4 Å². The Morgan fingerprint density at radius 3 is 2.59 bits per heavy atom. The average Bonchev–Trinajstić information content (AvgIpc) is 3.35. The molecule has 1 saturated carbocycles. The number of aromatic nitrogens is 3. The molecule has 2 fully saturated rings. The minimum Gasteiger partial charge on any atom is -0.488 e. The van der Waals surface area contributed by atoms with Gasteiger partial charge >= 0.3 is 0 Å². The maximum Gasteiger partial charge on any atom is 0.253 e. The molecule has 150 valence electrons. The molecule has 2 aromatic carbocycles. The molecule has 1 amide bonds. The number of benzene rings is 2. The molecule has 2 aliphatic rings. The van der Waals surface area contributed by atoms with E-state index < -0.39 is 6.10 Å². The molecule has 0 unspecified atom stereocenters. The maximum absolute atomic E-state index is 13.1. The number of H-pyrrole nitrogens is 1. The van der Waals surface area contributed by atoms with Crippen LogP contribution in [0.25, 0.3) is 11.0 Å². The number of carbonyl (C=O) groups excluding carboxylic acids is 1. The number of carbonyl (C=O) groups is 1. The van der Waals surface area contributed by atoms with Crippen molar-refractivity contribution in [2.24, 2.45) is 11.8 Å². The zero-order valence-electron chi connectivity index (χ0n) is 15.7. The van der Waals surface area contributed by atoms with E-state index in [0.29, 0.717) is 42.8 Å². The first-order valence-corrected chi connectivity index (χ1v) is 9.77. The van der Waals surface area contributed by atoms with Gasteiger partial charge in [-0.3, -0.25) is 4.79 Å². The highest BCUT2D eigenvalue weighted by Gasteiger charge is 2.44. The number of nitrogens with one attached hydrogen (secondary N) is 1. The summed E-state index contributed by atoms with van der Waals surface area (Å²) in [5.41, 5.74) is 1.97. The van der Waals surface area contributed by atoms with Crippen LogP contribution in [-0.2, 0) is 0 Å². The summed E-state index contributed by atoms with van der Waals surface area (Å²) in [4.78, 5) is 14.8. The van der Waals surface area contributed by atoms with E-state index in [1.807, 2.05) is 4.90 Å². The van der Waals surface area contributed by atoms with E-state index in [1.54, 1.807) is 30.3 Å². The zero-order valence-corrected chi connectivity index (χ0v) is 15.7. The fraction of sp³-hybridized carbons (Fsp3) is 0.381. The van der Waals surface area contributed by atoms with Crippen LogP contribution in [0.4, 0.5) is 4.39 Å². The molecule has 2 heterocycles. The van der Waals surface area contributed by atoms with Gasteiger partial charge in [0.05, 0.1) is 6.10 Å². The Kier molecular flexibility index (Phi) is 4.43. The van der Waals surface area contributed by atoms with Crippen LogP contribution in [0.1, 0.15) is 23.2 Å².